The topological polar surface area (TPSA) is 145 Å². The highest BCUT2D eigenvalue weighted by molar-refractivity contribution is 6.01. The van der Waals surface area contributed by atoms with E-state index < -0.39 is 17.9 Å². The van der Waals surface area contributed by atoms with E-state index in [-0.39, 0.29) is 17.8 Å². The SMILES string of the molecule is CC(C)Oc1cc2c(O[C@@H]3CCCN(C(=O)[C@H](N)C#N)C3)ccnc2cc1C(N)=O. The van der Waals surface area contributed by atoms with E-state index in [4.69, 9.17) is 26.2 Å². The van der Waals surface area contributed by atoms with Crippen molar-refractivity contribution in [2.24, 2.45) is 11.5 Å². The molecule has 30 heavy (non-hydrogen) atoms. The molecule has 9 heteroatoms. The first-order chi connectivity index (χ1) is 14.3. The van der Waals surface area contributed by atoms with Gasteiger partial charge in [-0.2, -0.15) is 5.26 Å². The summed E-state index contributed by atoms with van der Waals surface area (Å²) >= 11 is 0. The van der Waals surface area contributed by atoms with Crippen molar-refractivity contribution in [1.29, 1.82) is 5.26 Å². The number of nitriles is 1. The molecule has 0 bridgehead atoms. The Bertz CT molecular complexity index is 1000. The number of carbonyl (C=O) groups is 2. The summed E-state index contributed by atoms with van der Waals surface area (Å²) in [5.41, 5.74) is 11.9. The number of benzene rings is 1. The number of fused-ring (bicyclic) bond motifs is 1. The third kappa shape index (κ3) is 4.60. The van der Waals surface area contributed by atoms with Crippen LogP contribution in [0.4, 0.5) is 0 Å². The van der Waals surface area contributed by atoms with E-state index in [0.29, 0.717) is 35.5 Å². The van der Waals surface area contributed by atoms with Gasteiger partial charge in [0.25, 0.3) is 11.8 Å². The first kappa shape index (κ1) is 21.3. The van der Waals surface area contributed by atoms with Crippen molar-refractivity contribution in [2.45, 2.75) is 44.9 Å². The third-order valence-corrected chi connectivity index (χ3v) is 4.82. The Morgan fingerprint density at radius 1 is 1.33 bits per heavy atom. The second-order valence-electron chi connectivity index (χ2n) is 7.48. The van der Waals surface area contributed by atoms with E-state index in [1.165, 1.54) is 0 Å². The lowest BCUT2D eigenvalue weighted by Gasteiger charge is -2.33. The number of ether oxygens (including phenoxy) is 2. The largest absolute Gasteiger partial charge is 0.490 e. The van der Waals surface area contributed by atoms with Gasteiger partial charge in [-0.05, 0) is 44.9 Å². The van der Waals surface area contributed by atoms with E-state index in [2.05, 4.69) is 4.98 Å². The Morgan fingerprint density at radius 3 is 2.77 bits per heavy atom. The number of nitrogens with two attached hydrogens (primary N) is 2. The van der Waals surface area contributed by atoms with Gasteiger partial charge < -0.3 is 25.8 Å². The predicted octanol–water partition coefficient (Wildman–Crippen LogP) is 1.34. The molecular weight excluding hydrogens is 386 g/mol. The van der Waals surface area contributed by atoms with Crippen molar-refractivity contribution in [3.63, 3.8) is 0 Å². The summed E-state index contributed by atoms with van der Waals surface area (Å²) in [5.74, 6) is -0.0724. The predicted molar refractivity (Wildman–Crippen MR) is 110 cm³/mol. The molecule has 1 aliphatic heterocycles. The average molecular weight is 411 g/mol. The van der Waals surface area contributed by atoms with Crippen LogP contribution < -0.4 is 20.9 Å². The molecule has 1 aromatic heterocycles. The van der Waals surface area contributed by atoms with Gasteiger partial charge in [0, 0.05) is 18.1 Å². The molecule has 1 saturated heterocycles. The van der Waals surface area contributed by atoms with Crippen LogP contribution in [0.2, 0.25) is 0 Å². The number of amides is 2. The lowest BCUT2D eigenvalue weighted by molar-refractivity contribution is -0.133. The minimum Gasteiger partial charge on any atom is -0.490 e. The zero-order valence-electron chi connectivity index (χ0n) is 17.0. The fraction of sp³-hybridized carbons (Fsp3) is 0.429. The van der Waals surface area contributed by atoms with Gasteiger partial charge in [0.05, 0.1) is 29.8 Å². The average Bonchev–Trinajstić information content (AvgIpc) is 2.72. The Balaban J connectivity index is 1.89. The van der Waals surface area contributed by atoms with E-state index >= 15 is 0 Å². The molecule has 1 fully saturated rings. The molecule has 3 rings (SSSR count). The van der Waals surface area contributed by atoms with Gasteiger partial charge in [0.2, 0.25) is 0 Å². The maximum absolute atomic E-state index is 12.2. The van der Waals surface area contributed by atoms with Crippen LogP contribution in [0.5, 0.6) is 11.5 Å². The van der Waals surface area contributed by atoms with E-state index in [0.717, 1.165) is 12.8 Å². The molecule has 4 N–H and O–H groups in total. The smallest absolute Gasteiger partial charge is 0.254 e. The number of carbonyl (C=O) groups excluding carboxylic acids is 2. The maximum atomic E-state index is 12.2. The second kappa shape index (κ2) is 8.97. The Labute approximate surface area is 174 Å². The molecule has 0 spiro atoms. The van der Waals surface area contributed by atoms with Gasteiger partial charge in [0.1, 0.15) is 17.6 Å². The number of rotatable bonds is 6. The molecule has 158 valence electrons. The highest BCUT2D eigenvalue weighted by Crippen LogP contribution is 2.32. The van der Waals surface area contributed by atoms with E-state index in [1.807, 2.05) is 13.8 Å². The summed E-state index contributed by atoms with van der Waals surface area (Å²) in [6.45, 7) is 4.59. The van der Waals surface area contributed by atoms with Gasteiger partial charge in [-0.1, -0.05) is 0 Å². The van der Waals surface area contributed by atoms with Gasteiger partial charge in [-0.15, -0.1) is 0 Å². The molecule has 0 aliphatic carbocycles. The highest BCUT2D eigenvalue weighted by Gasteiger charge is 2.28. The quantitative estimate of drug-likeness (QED) is 0.729. The molecule has 2 heterocycles. The second-order valence-corrected chi connectivity index (χ2v) is 7.48. The number of nitrogens with zero attached hydrogens (tertiary/aromatic N) is 3. The van der Waals surface area contributed by atoms with Crippen molar-refractivity contribution in [2.75, 3.05) is 13.1 Å². The van der Waals surface area contributed by atoms with E-state index in [9.17, 15) is 9.59 Å². The van der Waals surface area contributed by atoms with E-state index in [1.54, 1.807) is 35.4 Å². The number of primary amides is 1. The fourth-order valence-corrected chi connectivity index (χ4v) is 3.46. The molecule has 0 unspecified atom stereocenters. The van der Waals surface area contributed by atoms with Gasteiger partial charge >= 0.3 is 0 Å². The number of pyridine rings is 1. The van der Waals surface area contributed by atoms with Crippen LogP contribution in [0.25, 0.3) is 10.9 Å². The number of hydrogen-bond donors (Lipinski definition) is 2. The molecule has 1 aliphatic rings. The monoisotopic (exact) mass is 411 g/mol. The first-order valence-corrected chi connectivity index (χ1v) is 9.80. The molecule has 0 saturated carbocycles. The maximum Gasteiger partial charge on any atom is 0.254 e. The zero-order chi connectivity index (χ0) is 21.8. The number of piperidine rings is 1. The molecule has 2 atom stereocenters. The minimum absolute atomic E-state index is 0.149. The molecule has 9 nitrogen and oxygen atoms in total. The lowest BCUT2D eigenvalue weighted by Crippen LogP contribution is -2.50. The molecular formula is C21H25N5O4. The van der Waals surface area contributed by atoms with Gasteiger partial charge in [-0.3, -0.25) is 14.6 Å². The normalized spacial score (nSPS) is 17.4. The van der Waals surface area contributed by atoms with Crippen LogP contribution in [-0.2, 0) is 4.79 Å². The highest BCUT2D eigenvalue weighted by atomic mass is 16.5. The molecule has 1 aromatic carbocycles. The van der Waals surface area contributed by atoms with Crippen LogP contribution in [0.3, 0.4) is 0 Å². The van der Waals surface area contributed by atoms with Crippen LogP contribution in [0.15, 0.2) is 24.4 Å². The Kier molecular flexibility index (Phi) is 6.37. The third-order valence-electron chi connectivity index (χ3n) is 4.82. The van der Waals surface area contributed by atoms with Crippen LogP contribution >= 0.6 is 0 Å². The number of hydrogen-bond acceptors (Lipinski definition) is 7. The summed E-state index contributed by atoms with van der Waals surface area (Å²) in [6, 6.07) is 5.62. The summed E-state index contributed by atoms with van der Waals surface area (Å²) < 4.78 is 12.0. The summed E-state index contributed by atoms with van der Waals surface area (Å²) in [4.78, 5) is 30.0. The van der Waals surface area contributed by atoms with Crippen LogP contribution in [0, 0.1) is 11.3 Å². The Hall–Kier alpha value is -3.38. The minimum atomic E-state index is -1.17. The standard InChI is InChI=1S/C21H25N5O4/c1-12(2)29-19-9-14-17(8-15(19)20(24)27)25-6-5-18(14)30-13-4-3-7-26(11-13)21(28)16(23)10-22/h5-6,8-9,12-13,16H,3-4,7,11,23H2,1-2H3,(H2,24,27)/t13-,16-/m1/s1. The zero-order valence-corrected chi connectivity index (χ0v) is 17.0. The number of aromatic nitrogens is 1. The van der Waals surface area contributed by atoms with Crippen molar-refractivity contribution >= 4 is 22.7 Å². The fourth-order valence-electron chi connectivity index (χ4n) is 3.46. The van der Waals surface area contributed by atoms with Crippen molar-refractivity contribution in [1.82, 2.24) is 9.88 Å². The van der Waals surface area contributed by atoms with Crippen molar-refractivity contribution in [3.05, 3.63) is 30.0 Å². The molecule has 0 radical (unpaired) electrons. The van der Waals surface area contributed by atoms with Gasteiger partial charge in [0.15, 0.2) is 6.04 Å². The van der Waals surface area contributed by atoms with Crippen LogP contribution in [0.1, 0.15) is 37.0 Å². The summed E-state index contributed by atoms with van der Waals surface area (Å²) in [6.07, 6.45) is 2.67. The molecule has 2 aromatic rings. The molecule has 2 amide bonds. The van der Waals surface area contributed by atoms with Crippen molar-refractivity contribution < 1.29 is 19.1 Å². The summed E-state index contributed by atoms with van der Waals surface area (Å²) in [5, 5.41) is 9.58. The summed E-state index contributed by atoms with van der Waals surface area (Å²) in [7, 11) is 0. The number of likely N-dealkylation sites (tertiary alicyclic amines) is 1. The first-order valence-electron chi connectivity index (χ1n) is 9.80. The Morgan fingerprint density at radius 2 is 2.10 bits per heavy atom. The van der Waals surface area contributed by atoms with Crippen molar-refractivity contribution in [3.8, 4) is 17.6 Å². The van der Waals surface area contributed by atoms with Gasteiger partial charge in [-0.25, -0.2) is 0 Å². The van der Waals surface area contributed by atoms with Crippen LogP contribution in [-0.4, -0.2) is 53.0 Å². The lowest BCUT2D eigenvalue weighted by atomic mass is 10.1.